The van der Waals surface area contributed by atoms with Crippen molar-refractivity contribution in [2.45, 2.75) is 77.3 Å². The first-order valence-corrected chi connectivity index (χ1v) is 11.7. The van der Waals surface area contributed by atoms with Gasteiger partial charge in [-0.25, -0.2) is 9.98 Å². The van der Waals surface area contributed by atoms with Gasteiger partial charge in [0.2, 0.25) is 5.89 Å². The van der Waals surface area contributed by atoms with Crippen molar-refractivity contribution in [1.29, 1.82) is 0 Å². The second-order valence-electron chi connectivity index (χ2n) is 9.99. The van der Waals surface area contributed by atoms with E-state index >= 15 is 0 Å². The fourth-order valence-corrected chi connectivity index (χ4v) is 4.47. The Labute approximate surface area is 182 Å². The molecule has 0 saturated carbocycles. The Morgan fingerprint density at radius 3 is 2.43 bits per heavy atom. The highest BCUT2D eigenvalue weighted by molar-refractivity contribution is 5.79. The highest BCUT2D eigenvalue weighted by Gasteiger charge is 2.39. The smallest absolute Gasteiger partial charge is 0.216 e. The Morgan fingerprint density at radius 1 is 1.13 bits per heavy atom. The Hall–Kier alpha value is -1.60. The number of nitrogens with one attached hydrogen (secondary N) is 2. The van der Waals surface area contributed by atoms with E-state index in [-0.39, 0.29) is 11.0 Å². The predicted octanol–water partition coefficient (Wildman–Crippen LogP) is 2.98. The molecule has 0 atom stereocenters. The summed E-state index contributed by atoms with van der Waals surface area (Å²) in [5, 5.41) is 7.06. The van der Waals surface area contributed by atoms with E-state index in [2.05, 4.69) is 60.2 Å². The van der Waals surface area contributed by atoms with Crippen LogP contribution in [0.15, 0.2) is 15.6 Å². The van der Waals surface area contributed by atoms with Gasteiger partial charge in [-0.15, -0.1) is 0 Å². The molecule has 2 aliphatic rings. The third-order valence-corrected chi connectivity index (χ3v) is 6.54. The van der Waals surface area contributed by atoms with Crippen molar-refractivity contribution in [3.63, 3.8) is 0 Å². The maximum atomic E-state index is 5.91. The minimum atomic E-state index is -0.0350. The van der Waals surface area contributed by atoms with Gasteiger partial charge in [-0.3, -0.25) is 4.90 Å². The number of rotatable bonds is 6. The lowest BCUT2D eigenvalue weighted by molar-refractivity contribution is 0.0173. The summed E-state index contributed by atoms with van der Waals surface area (Å²) >= 11 is 0. The molecule has 0 aliphatic carbocycles. The number of oxazole rings is 1. The summed E-state index contributed by atoms with van der Waals surface area (Å²) in [6.07, 6.45) is 8.28. The lowest BCUT2D eigenvalue weighted by Gasteiger charge is -2.50. The van der Waals surface area contributed by atoms with Crippen LogP contribution in [0, 0.1) is 0 Å². The molecular weight excluding hydrogens is 376 g/mol. The molecule has 2 saturated heterocycles. The van der Waals surface area contributed by atoms with Gasteiger partial charge in [-0.2, -0.15) is 0 Å². The van der Waals surface area contributed by atoms with Gasteiger partial charge < -0.3 is 20.0 Å². The van der Waals surface area contributed by atoms with E-state index in [1.807, 2.05) is 6.20 Å². The fourth-order valence-electron chi connectivity index (χ4n) is 4.47. The molecule has 2 fully saturated rings. The van der Waals surface area contributed by atoms with Crippen LogP contribution < -0.4 is 10.6 Å². The number of aromatic nitrogens is 1. The summed E-state index contributed by atoms with van der Waals surface area (Å²) in [5.41, 5.74) is 0.193. The summed E-state index contributed by atoms with van der Waals surface area (Å²) in [7, 11) is 2.24. The van der Waals surface area contributed by atoms with E-state index in [4.69, 9.17) is 9.41 Å². The molecule has 0 aromatic carbocycles. The number of hydrogen-bond acceptors (Lipinski definition) is 5. The van der Waals surface area contributed by atoms with Crippen LogP contribution in [0.5, 0.6) is 0 Å². The minimum absolute atomic E-state index is 0.0350. The van der Waals surface area contributed by atoms with Gasteiger partial charge in [0.1, 0.15) is 12.3 Å². The molecule has 0 amide bonds. The average Bonchev–Trinajstić information content (AvgIpc) is 3.22. The molecule has 3 heterocycles. The maximum Gasteiger partial charge on any atom is 0.216 e. The number of aliphatic imine (C=N–C) groups is 1. The number of nitrogens with zero attached hydrogens (tertiary/aromatic N) is 4. The van der Waals surface area contributed by atoms with E-state index in [0.29, 0.717) is 12.4 Å². The summed E-state index contributed by atoms with van der Waals surface area (Å²) in [4.78, 5) is 14.4. The van der Waals surface area contributed by atoms with E-state index < -0.39 is 0 Å². The van der Waals surface area contributed by atoms with Crippen LogP contribution in [-0.2, 0) is 12.0 Å². The summed E-state index contributed by atoms with van der Waals surface area (Å²) < 4.78 is 5.91. The van der Waals surface area contributed by atoms with Crippen molar-refractivity contribution >= 4 is 5.96 Å². The Kier molecular flexibility index (Phi) is 7.80. The van der Waals surface area contributed by atoms with E-state index in [1.54, 1.807) is 0 Å². The van der Waals surface area contributed by atoms with Crippen molar-refractivity contribution in [3.8, 4) is 0 Å². The van der Waals surface area contributed by atoms with E-state index in [1.165, 1.54) is 45.2 Å². The van der Waals surface area contributed by atoms with Crippen LogP contribution >= 0.6 is 0 Å². The number of likely N-dealkylation sites (tertiary alicyclic amines) is 2. The highest BCUT2D eigenvalue weighted by atomic mass is 16.4. The Bertz CT molecular complexity index is 678. The van der Waals surface area contributed by atoms with Gasteiger partial charge in [0, 0.05) is 24.0 Å². The number of piperidine rings is 2. The third-order valence-electron chi connectivity index (χ3n) is 6.54. The first kappa shape index (κ1) is 23.1. The summed E-state index contributed by atoms with van der Waals surface area (Å²) in [6.45, 7) is 15.5. The normalized spacial score (nSPS) is 21.6. The van der Waals surface area contributed by atoms with Crippen LogP contribution in [-0.4, -0.2) is 72.6 Å². The third kappa shape index (κ3) is 5.97. The Balaban J connectivity index is 1.66. The molecule has 7 heteroatoms. The van der Waals surface area contributed by atoms with Crippen molar-refractivity contribution in [2.75, 3.05) is 46.3 Å². The van der Waals surface area contributed by atoms with E-state index in [9.17, 15) is 0 Å². The average molecular weight is 419 g/mol. The minimum Gasteiger partial charge on any atom is -0.443 e. The maximum absolute atomic E-state index is 5.91. The lowest BCUT2D eigenvalue weighted by atomic mass is 9.84. The second-order valence-corrected chi connectivity index (χ2v) is 9.99. The van der Waals surface area contributed by atoms with Gasteiger partial charge >= 0.3 is 0 Å². The van der Waals surface area contributed by atoms with Crippen LogP contribution in [0.2, 0.25) is 0 Å². The van der Waals surface area contributed by atoms with Crippen molar-refractivity contribution in [2.24, 2.45) is 4.99 Å². The monoisotopic (exact) mass is 418 g/mol. The molecule has 2 N–H and O–H groups in total. The zero-order valence-corrected chi connectivity index (χ0v) is 19.8. The zero-order chi connectivity index (χ0) is 21.6. The molecule has 0 radical (unpaired) electrons. The molecule has 0 bridgehead atoms. The highest BCUT2D eigenvalue weighted by Crippen LogP contribution is 2.31. The van der Waals surface area contributed by atoms with Crippen LogP contribution in [0.25, 0.3) is 0 Å². The molecule has 1 aromatic rings. The van der Waals surface area contributed by atoms with Gasteiger partial charge in [0.05, 0.1) is 6.20 Å². The topological polar surface area (TPSA) is 68.9 Å². The van der Waals surface area contributed by atoms with Crippen LogP contribution in [0.1, 0.15) is 71.5 Å². The number of hydrogen-bond donors (Lipinski definition) is 2. The molecule has 3 rings (SSSR count). The predicted molar refractivity (Wildman–Crippen MR) is 123 cm³/mol. The van der Waals surface area contributed by atoms with Gasteiger partial charge in [0.25, 0.3) is 0 Å². The SMILES string of the molecule is CCNC(=NCc1ncc(C(C)(C)C)o1)NCC1(N2CCCCC2)CCN(C)CC1. The van der Waals surface area contributed by atoms with Gasteiger partial charge in [-0.05, 0) is 65.8 Å². The first-order valence-electron chi connectivity index (χ1n) is 11.7. The largest absolute Gasteiger partial charge is 0.443 e. The van der Waals surface area contributed by atoms with E-state index in [0.717, 1.165) is 37.9 Å². The quantitative estimate of drug-likeness (QED) is 0.547. The molecule has 170 valence electrons. The fraction of sp³-hybridized carbons (Fsp3) is 0.826. The molecule has 0 spiro atoms. The summed E-state index contributed by atoms with van der Waals surface area (Å²) in [6, 6.07) is 0. The van der Waals surface area contributed by atoms with Gasteiger partial charge in [-0.1, -0.05) is 27.2 Å². The molecule has 0 unspecified atom stereocenters. The standard InChI is InChI=1S/C23H42N6O/c1-6-24-21(26-17-20-25-16-19(30-20)22(2,3)4)27-18-23(10-14-28(5)15-11-23)29-12-8-7-9-13-29/h16H,6-15,17-18H2,1-5H3,(H2,24,26,27). The van der Waals surface area contributed by atoms with Crippen LogP contribution in [0.4, 0.5) is 0 Å². The van der Waals surface area contributed by atoms with Crippen molar-refractivity contribution in [1.82, 2.24) is 25.4 Å². The number of guanidine groups is 1. The van der Waals surface area contributed by atoms with Gasteiger partial charge in [0.15, 0.2) is 5.96 Å². The van der Waals surface area contributed by atoms with Crippen molar-refractivity contribution in [3.05, 3.63) is 17.8 Å². The van der Waals surface area contributed by atoms with Crippen LogP contribution in [0.3, 0.4) is 0 Å². The Morgan fingerprint density at radius 2 is 1.83 bits per heavy atom. The molecule has 1 aromatic heterocycles. The molecule has 2 aliphatic heterocycles. The second kappa shape index (κ2) is 10.1. The summed E-state index contributed by atoms with van der Waals surface area (Å²) in [5.74, 6) is 2.42. The lowest BCUT2D eigenvalue weighted by Crippen LogP contribution is -2.62. The molecule has 7 nitrogen and oxygen atoms in total. The molecule has 30 heavy (non-hydrogen) atoms. The molecular formula is C23H42N6O. The van der Waals surface area contributed by atoms with Crippen molar-refractivity contribution < 1.29 is 4.42 Å². The first-order chi connectivity index (χ1) is 14.3. The zero-order valence-electron chi connectivity index (χ0n) is 19.8.